The Bertz CT molecular complexity index is 841. The number of hydrogen-bond donors (Lipinski definition) is 1. The van der Waals surface area contributed by atoms with Crippen LogP contribution in [0.25, 0.3) is 0 Å². The molecule has 3 aliphatic carbocycles. The van der Waals surface area contributed by atoms with E-state index in [2.05, 4.69) is 64.7 Å². The van der Waals surface area contributed by atoms with Crippen molar-refractivity contribution in [3.05, 3.63) is 48.6 Å². The molecule has 4 aliphatic rings. The summed E-state index contributed by atoms with van der Waals surface area (Å²) >= 11 is 1.77. The van der Waals surface area contributed by atoms with Crippen LogP contribution < -0.4 is 9.73 Å². The molecule has 1 atom stereocenters. The second-order valence-electron chi connectivity index (χ2n) is 10.9. The van der Waals surface area contributed by atoms with Gasteiger partial charge in [0, 0.05) is 48.3 Å². The van der Waals surface area contributed by atoms with Crippen molar-refractivity contribution in [2.24, 2.45) is 11.3 Å². The summed E-state index contributed by atoms with van der Waals surface area (Å²) in [6.07, 6.45) is 25.3. The summed E-state index contributed by atoms with van der Waals surface area (Å²) < 4.78 is 5.95. The first-order valence-corrected chi connectivity index (χ1v) is 14.0. The molecule has 0 radical (unpaired) electrons. The summed E-state index contributed by atoms with van der Waals surface area (Å²) in [5, 5.41) is 2.47. The van der Waals surface area contributed by atoms with E-state index in [0.29, 0.717) is 11.0 Å². The van der Waals surface area contributed by atoms with Gasteiger partial charge < -0.3 is 5.01 Å². The molecular weight excluding hydrogens is 424 g/mol. The average molecular weight is 469 g/mol. The van der Waals surface area contributed by atoms with Crippen molar-refractivity contribution < 1.29 is 0 Å². The Morgan fingerprint density at radius 3 is 2.48 bits per heavy atom. The van der Waals surface area contributed by atoms with Crippen LogP contribution in [0.5, 0.6) is 0 Å². The summed E-state index contributed by atoms with van der Waals surface area (Å²) in [5.41, 5.74) is 2.64. The number of nitrogens with one attached hydrogen (secondary N) is 1. The third-order valence-electron chi connectivity index (χ3n) is 8.35. The first-order chi connectivity index (χ1) is 16.0. The van der Waals surface area contributed by atoms with Crippen molar-refractivity contribution >= 4 is 11.9 Å². The molecule has 1 unspecified atom stereocenters. The zero-order valence-corrected chi connectivity index (χ0v) is 21.9. The van der Waals surface area contributed by atoms with E-state index in [1.54, 1.807) is 17.5 Å². The Kier molecular flexibility index (Phi) is 8.45. The predicted molar refractivity (Wildman–Crippen MR) is 141 cm³/mol. The lowest BCUT2D eigenvalue weighted by Gasteiger charge is -2.48. The number of aromatic nitrogens is 2. The zero-order valence-electron chi connectivity index (χ0n) is 21.1. The normalized spacial score (nSPS) is 24.6. The highest BCUT2D eigenvalue weighted by molar-refractivity contribution is 7.97. The maximum Gasteiger partial charge on any atom is 0.0450 e. The average Bonchev–Trinajstić information content (AvgIpc) is 3.58. The Morgan fingerprint density at radius 2 is 1.91 bits per heavy atom. The van der Waals surface area contributed by atoms with Crippen LogP contribution in [0, 0.1) is 11.3 Å². The lowest BCUT2D eigenvalue weighted by Crippen LogP contribution is -2.47. The van der Waals surface area contributed by atoms with E-state index in [1.165, 1.54) is 75.5 Å². The fourth-order valence-electron chi connectivity index (χ4n) is 5.12. The van der Waals surface area contributed by atoms with Gasteiger partial charge in [0.1, 0.15) is 0 Å². The fraction of sp³-hybridized carbons (Fsp3) is 0.679. The highest BCUT2D eigenvalue weighted by Crippen LogP contribution is 2.48. The van der Waals surface area contributed by atoms with E-state index in [4.69, 9.17) is 0 Å². The molecule has 1 spiro atoms. The molecule has 2 heterocycles. The van der Waals surface area contributed by atoms with Crippen LogP contribution >= 0.6 is 11.9 Å². The number of piperidine rings is 1. The van der Waals surface area contributed by atoms with E-state index < -0.39 is 0 Å². The third-order valence-corrected chi connectivity index (χ3v) is 9.37. The maximum absolute atomic E-state index is 4.34. The molecule has 1 aliphatic heterocycles. The van der Waals surface area contributed by atoms with Gasteiger partial charge in [0.2, 0.25) is 0 Å². The maximum atomic E-state index is 4.34. The van der Waals surface area contributed by atoms with Gasteiger partial charge in [0.05, 0.1) is 0 Å². The first-order valence-electron chi connectivity index (χ1n) is 13.2. The monoisotopic (exact) mass is 468 g/mol. The van der Waals surface area contributed by atoms with Crippen LogP contribution in [0.4, 0.5) is 0 Å². The van der Waals surface area contributed by atoms with Crippen LogP contribution in [0.15, 0.2) is 53.5 Å². The molecule has 1 saturated heterocycles. The molecule has 33 heavy (non-hydrogen) atoms. The molecule has 0 bridgehead atoms. The molecule has 1 N–H and O–H groups in total. The van der Waals surface area contributed by atoms with Gasteiger partial charge in [-0.25, -0.2) is 0 Å². The van der Waals surface area contributed by atoms with Gasteiger partial charge in [0.15, 0.2) is 0 Å². The van der Waals surface area contributed by atoms with Crippen LogP contribution in [0.1, 0.15) is 91.4 Å². The van der Waals surface area contributed by atoms with Gasteiger partial charge in [-0.3, -0.25) is 14.4 Å². The van der Waals surface area contributed by atoms with Gasteiger partial charge in [-0.05, 0) is 107 Å². The molecular formula is C28H44N4S. The second kappa shape index (κ2) is 11.3. The Labute approximate surface area is 206 Å². The SMILES string of the molecule is CC1=CCC(C)CC1.CCC1(NSc2cccnccn(N3CCC4(CCC4)CC3)c2)CC1. The minimum Gasteiger partial charge on any atom is -0.313 e. The van der Waals surface area contributed by atoms with Gasteiger partial charge in [-0.2, -0.15) is 0 Å². The van der Waals surface area contributed by atoms with Crippen molar-refractivity contribution in [1.82, 2.24) is 14.4 Å². The van der Waals surface area contributed by atoms with Crippen molar-refractivity contribution in [3.63, 3.8) is 0 Å². The topological polar surface area (TPSA) is 33.1 Å². The van der Waals surface area contributed by atoms with Gasteiger partial charge in [-0.15, -0.1) is 0 Å². The van der Waals surface area contributed by atoms with Crippen molar-refractivity contribution in [1.29, 1.82) is 0 Å². The minimum absolute atomic E-state index is 0.369. The fourth-order valence-corrected chi connectivity index (χ4v) is 6.11. The number of nitrogens with zero attached hydrogens (tertiary/aromatic N) is 3. The summed E-state index contributed by atoms with van der Waals surface area (Å²) in [7, 11) is 0. The van der Waals surface area contributed by atoms with E-state index in [1.807, 2.05) is 18.5 Å². The molecule has 4 nitrogen and oxygen atoms in total. The van der Waals surface area contributed by atoms with E-state index in [0.717, 1.165) is 19.0 Å². The van der Waals surface area contributed by atoms with Crippen molar-refractivity contribution in [3.8, 4) is 0 Å². The van der Waals surface area contributed by atoms with Crippen LogP contribution in [0.3, 0.4) is 0 Å². The van der Waals surface area contributed by atoms with Gasteiger partial charge >= 0.3 is 0 Å². The van der Waals surface area contributed by atoms with Crippen molar-refractivity contribution in [2.45, 2.75) is 102 Å². The Balaban J connectivity index is 0.000000275. The molecule has 5 heteroatoms. The highest BCUT2D eigenvalue weighted by atomic mass is 32.2. The Morgan fingerprint density at radius 1 is 1.12 bits per heavy atom. The molecule has 2 saturated carbocycles. The lowest BCUT2D eigenvalue weighted by molar-refractivity contribution is 0.0879. The summed E-state index contributed by atoms with van der Waals surface area (Å²) in [6.45, 7) is 9.13. The molecule has 3 fully saturated rings. The zero-order chi connectivity index (χ0) is 23.2. The number of allylic oxidation sites excluding steroid dienone is 2. The van der Waals surface area contributed by atoms with Crippen LogP contribution in [0.2, 0.25) is 0 Å². The molecule has 182 valence electrons. The first kappa shape index (κ1) is 24.7. The van der Waals surface area contributed by atoms with E-state index in [-0.39, 0.29) is 0 Å². The number of hydrogen-bond acceptors (Lipinski definition) is 4. The van der Waals surface area contributed by atoms with Gasteiger partial charge in [-0.1, -0.05) is 31.9 Å². The molecule has 5 rings (SSSR count). The minimum atomic E-state index is 0.369. The third kappa shape index (κ3) is 7.02. The molecule has 0 amide bonds. The summed E-state index contributed by atoms with van der Waals surface area (Å²) in [6, 6.07) is 4.18. The van der Waals surface area contributed by atoms with Crippen molar-refractivity contribution in [2.75, 3.05) is 18.1 Å². The largest absolute Gasteiger partial charge is 0.313 e. The van der Waals surface area contributed by atoms with E-state index in [9.17, 15) is 0 Å². The molecule has 0 aromatic carbocycles. The second-order valence-corrected chi connectivity index (χ2v) is 11.8. The van der Waals surface area contributed by atoms with E-state index >= 15 is 0 Å². The predicted octanol–water partition coefficient (Wildman–Crippen LogP) is 7.20. The smallest absolute Gasteiger partial charge is 0.0450 e. The van der Waals surface area contributed by atoms with Gasteiger partial charge in [0.25, 0.3) is 0 Å². The molecule has 1 aromatic heterocycles. The molecule has 1 aromatic rings. The summed E-state index contributed by atoms with van der Waals surface area (Å²) in [5.74, 6) is 0.943. The standard InChI is InChI=1S/C20H30N4S.C8H14/c1-2-20(8-9-20)22-25-18-5-3-12-21-13-16-24(17-18)23-14-10-19(11-15-23)6-4-7-19;1-7-3-5-8(2)6-4-7/h3,5,12-13,16-17,22H,2,4,6-11,14-15H2,1H3;3,8H,4-6H2,1-2H3. The lowest BCUT2D eigenvalue weighted by atomic mass is 9.63. The highest BCUT2D eigenvalue weighted by Gasteiger charge is 2.41. The van der Waals surface area contributed by atoms with Crippen LogP contribution in [-0.2, 0) is 0 Å². The van der Waals surface area contributed by atoms with Crippen LogP contribution in [-0.4, -0.2) is 28.3 Å². The Hall–Kier alpha value is -1.46. The number of rotatable bonds is 5. The quantitative estimate of drug-likeness (QED) is 0.366. The summed E-state index contributed by atoms with van der Waals surface area (Å²) in [4.78, 5) is 5.58.